The lowest BCUT2D eigenvalue weighted by molar-refractivity contribution is -0.143. The SMILES string of the molecule is CC1CN(C(=O)CN2C(=O)NC3(CCc4ccccc43)C2=O)CCO1. The van der Waals surface area contributed by atoms with Crippen LogP contribution in [0.25, 0.3) is 0 Å². The second-order valence-electron chi connectivity index (χ2n) is 6.91. The number of urea groups is 1. The molecule has 2 heterocycles. The van der Waals surface area contributed by atoms with Crippen LogP contribution in [0.3, 0.4) is 0 Å². The van der Waals surface area contributed by atoms with Crippen LogP contribution in [0.4, 0.5) is 4.79 Å². The van der Waals surface area contributed by atoms with Crippen LogP contribution in [0, 0.1) is 0 Å². The van der Waals surface area contributed by atoms with Gasteiger partial charge >= 0.3 is 6.03 Å². The number of nitrogens with one attached hydrogen (secondary N) is 1. The average molecular weight is 343 g/mol. The molecular formula is C18H21N3O4. The van der Waals surface area contributed by atoms with Crippen molar-refractivity contribution >= 4 is 17.8 Å². The Kier molecular flexibility index (Phi) is 3.76. The summed E-state index contributed by atoms with van der Waals surface area (Å²) in [6.07, 6.45) is 1.25. The highest BCUT2D eigenvalue weighted by atomic mass is 16.5. The van der Waals surface area contributed by atoms with Crippen LogP contribution in [0.15, 0.2) is 24.3 Å². The molecular weight excluding hydrogens is 322 g/mol. The standard InChI is InChI=1S/C18H21N3O4/c1-12-10-20(8-9-25-12)15(22)11-21-16(23)18(19-17(21)24)7-6-13-4-2-3-5-14(13)18/h2-5,12H,6-11H2,1H3,(H,19,24). The summed E-state index contributed by atoms with van der Waals surface area (Å²) < 4.78 is 5.43. The maximum atomic E-state index is 13.0. The van der Waals surface area contributed by atoms with Gasteiger partial charge in [0, 0.05) is 13.1 Å². The summed E-state index contributed by atoms with van der Waals surface area (Å²) >= 11 is 0. The van der Waals surface area contributed by atoms with Gasteiger partial charge in [0.2, 0.25) is 5.91 Å². The van der Waals surface area contributed by atoms with Crippen molar-refractivity contribution in [1.29, 1.82) is 0 Å². The Morgan fingerprint density at radius 2 is 2.16 bits per heavy atom. The van der Waals surface area contributed by atoms with E-state index in [2.05, 4.69) is 5.32 Å². The molecule has 0 aromatic heterocycles. The number of amides is 4. The van der Waals surface area contributed by atoms with E-state index < -0.39 is 11.6 Å². The molecule has 0 bridgehead atoms. The number of carbonyl (C=O) groups is 3. The third kappa shape index (κ3) is 2.50. The number of carbonyl (C=O) groups excluding carboxylic acids is 3. The van der Waals surface area contributed by atoms with Crippen LogP contribution in [-0.4, -0.2) is 60.0 Å². The lowest BCUT2D eigenvalue weighted by atomic mass is 9.92. The predicted molar refractivity (Wildman–Crippen MR) is 88.7 cm³/mol. The molecule has 1 N–H and O–H groups in total. The van der Waals surface area contributed by atoms with Crippen LogP contribution in [0.1, 0.15) is 24.5 Å². The van der Waals surface area contributed by atoms with Crippen molar-refractivity contribution in [3.63, 3.8) is 0 Å². The van der Waals surface area contributed by atoms with Gasteiger partial charge in [-0.3, -0.25) is 14.5 Å². The summed E-state index contributed by atoms with van der Waals surface area (Å²) in [7, 11) is 0. The molecule has 1 aromatic rings. The van der Waals surface area contributed by atoms with Gasteiger partial charge in [-0.1, -0.05) is 24.3 Å². The fourth-order valence-electron chi connectivity index (χ4n) is 4.01. The molecule has 2 fully saturated rings. The highest BCUT2D eigenvalue weighted by Gasteiger charge is 2.55. The minimum atomic E-state index is -1.01. The number of ether oxygens (including phenoxy) is 1. The molecule has 2 saturated heterocycles. The Hall–Kier alpha value is -2.41. The van der Waals surface area contributed by atoms with Gasteiger partial charge in [-0.2, -0.15) is 0 Å². The summed E-state index contributed by atoms with van der Waals surface area (Å²) in [5.74, 6) is -0.543. The van der Waals surface area contributed by atoms with Crippen molar-refractivity contribution < 1.29 is 19.1 Å². The Bertz CT molecular complexity index is 750. The zero-order valence-electron chi connectivity index (χ0n) is 14.2. The van der Waals surface area contributed by atoms with Crippen molar-refractivity contribution in [1.82, 2.24) is 15.1 Å². The van der Waals surface area contributed by atoms with Crippen molar-refractivity contribution in [2.75, 3.05) is 26.2 Å². The zero-order chi connectivity index (χ0) is 17.6. The molecule has 1 aliphatic carbocycles. The number of aryl methyl sites for hydroxylation is 1. The molecule has 25 heavy (non-hydrogen) atoms. The number of morpholine rings is 1. The van der Waals surface area contributed by atoms with Gasteiger partial charge in [0.15, 0.2) is 0 Å². The molecule has 0 radical (unpaired) electrons. The predicted octanol–water partition coefficient (Wildman–Crippen LogP) is 0.627. The lowest BCUT2D eigenvalue weighted by Crippen LogP contribution is -2.49. The zero-order valence-corrected chi connectivity index (χ0v) is 14.2. The summed E-state index contributed by atoms with van der Waals surface area (Å²) in [4.78, 5) is 40.7. The highest BCUT2D eigenvalue weighted by Crippen LogP contribution is 2.41. The second kappa shape index (κ2) is 5.84. The molecule has 1 spiro atoms. The molecule has 132 valence electrons. The third-order valence-corrected chi connectivity index (χ3v) is 5.31. The fourth-order valence-corrected chi connectivity index (χ4v) is 4.01. The Labute approximate surface area is 145 Å². The number of nitrogens with zero attached hydrogens (tertiary/aromatic N) is 2. The Balaban J connectivity index is 1.54. The van der Waals surface area contributed by atoms with Gasteiger partial charge in [-0.05, 0) is 30.9 Å². The van der Waals surface area contributed by atoms with E-state index in [1.165, 1.54) is 0 Å². The first-order chi connectivity index (χ1) is 12.0. The molecule has 7 heteroatoms. The van der Waals surface area contributed by atoms with Crippen LogP contribution in [-0.2, 0) is 26.3 Å². The van der Waals surface area contributed by atoms with Gasteiger partial charge in [0.25, 0.3) is 5.91 Å². The van der Waals surface area contributed by atoms with E-state index in [0.717, 1.165) is 22.4 Å². The third-order valence-electron chi connectivity index (χ3n) is 5.31. The Morgan fingerprint density at radius 1 is 1.36 bits per heavy atom. The Morgan fingerprint density at radius 3 is 2.96 bits per heavy atom. The first-order valence-corrected chi connectivity index (χ1v) is 8.63. The summed E-state index contributed by atoms with van der Waals surface area (Å²) in [6.45, 7) is 3.13. The molecule has 2 aliphatic heterocycles. The normalized spacial score (nSPS) is 28.4. The first-order valence-electron chi connectivity index (χ1n) is 8.63. The molecule has 2 unspecified atom stereocenters. The summed E-state index contributed by atoms with van der Waals surface area (Å²) in [6, 6.07) is 7.17. The molecule has 2 atom stereocenters. The van der Waals surface area contributed by atoms with E-state index in [0.29, 0.717) is 26.1 Å². The number of hydrogen-bond acceptors (Lipinski definition) is 4. The summed E-state index contributed by atoms with van der Waals surface area (Å²) in [5.41, 5.74) is 0.918. The van der Waals surface area contributed by atoms with Crippen molar-refractivity contribution in [3.8, 4) is 0 Å². The van der Waals surface area contributed by atoms with E-state index in [9.17, 15) is 14.4 Å². The van der Waals surface area contributed by atoms with Crippen LogP contribution in [0.2, 0.25) is 0 Å². The van der Waals surface area contributed by atoms with Gasteiger partial charge in [0.05, 0.1) is 12.7 Å². The first kappa shape index (κ1) is 16.1. The van der Waals surface area contributed by atoms with Crippen molar-refractivity contribution in [3.05, 3.63) is 35.4 Å². The lowest BCUT2D eigenvalue weighted by Gasteiger charge is -2.32. The fraction of sp³-hybridized carbons (Fsp3) is 0.500. The number of imide groups is 1. The number of fused-ring (bicyclic) bond motifs is 2. The topological polar surface area (TPSA) is 79.0 Å². The second-order valence-corrected chi connectivity index (χ2v) is 6.91. The van der Waals surface area contributed by atoms with Crippen molar-refractivity contribution in [2.24, 2.45) is 0 Å². The molecule has 7 nitrogen and oxygen atoms in total. The minimum Gasteiger partial charge on any atom is -0.375 e. The molecule has 1 aromatic carbocycles. The average Bonchev–Trinajstić information content (AvgIpc) is 3.09. The molecule has 4 rings (SSSR count). The van der Waals surface area contributed by atoms with E-state index in [1.807, 2.05) is 31.2 Å². The number of benzene rings is 1. The van der Waals surface area contributed by atoms with Crippen molar-refractivity contribution in [2.45, 2.75) is 31.4 Å². The van der Waals surface area contributed by atoms with E-state index in [1.54, 1.807) is 4.90 Å². The number of hydrogen-bond donors (Lipinski definition) is 1. The van der Waals surface area contributed by atoms with E-state index >= 15 is 0 Å². The van der Waals surface area contributed by atoms with Crippen LogP contribution < -0.4 is 5.32 Å². The summed E-state index contributed by atoms with van der Waals surface area (Å²) in [5, 5.41) is 2.84. The minimum absolute atomic E-state index is 0.0335. The molecule has 3 aliphatic rings. The van der Waals surface area contributed by atoms with Gasteiger partial charge in [0.1, 0.15) is 12.1 Å². The van der Waals surface area contributed by atoms with E-state index in [-0.39, 0.29) is 24.5 Å². The largest absolute Gasteiger partial charge is 0.375 e. The van der Waals surface area contributed by atoms with Crippen LogP contribution >= 0.6 is 0 Å². The monoisotopic (exact) mass is 343 g/mol. The quantitative estimate of drug-likeness (QED) is 0.799. The van der Waals surface area contributed by atoms with Gasteiger partial charge in [-0.15, -0.1) is 0 Å². The number of rotatable bonds is 2. The smallest absolute Gasteiger partial charge is 0.325 e. The highest BCUT2D eigenvalue weighted by molar-refractivity contribution is 6.09. The van der Waals surface area contributed by atoms with E-state index in [4.69, 9.17) is 4.74 Å². The molecule has 0 saturated carbocycles. The molecule has 4 amide bonds. The van der Waals surface area contributed by atoms with Crippen LogP contribution in [0.5, 0.6) is 0 Å². The maximum absolute atomic E-state index is 13.0. The maximum Gasteiger partial charge on any atom is 0.325 e. The van der Waals surface area contributed by atoms with Gasteiger partial charge < -0.3 is 15.0 Å². The van der Waals surface area contributed by atoms with Gasteiger partial charge in [-0.25, -0.2) is 4.79 Å².